The molecule has 132 valence electrons. The van der Waals surface area contributed by atoms with Gasteiger partial charge >= 0.3 is 0 Å². The van der Waals surface area contributed by atoms with Crippen LogP contribution in [0.15, 0.2) is 36.9 Å². The Morgan fingerprint density at radius 3 is 2.20 bits per heavy atom. The van der Waals surface area contributed by atoms with Crippen molar-refractivity contribution < 1.29 is 14.4 Å². The van der Waals surface area contributed by atoms with Crippen LogP contribution in [-0.2, 0) is 16.1 Å². The van der Waals surface area contributed by atoms with Gasteiger partial charge in [0.2, 0.25) is 11.8 Å². The van der Waals surface area contributed by atoms with E-state index in [1.54, 1.807) is 30.7 Å². The molecule has 0 spiro atoms. The molecule has 0 unspecified atom stereocenters. The normalized spacial score (nSPS) is 10.2. The molecule has 1 aromatic carbocycles. The van der Waals surface area contributed by atoms with Crippen LogP contribution in [0.25, 0.3) is 0 Å². The molecule has 0 radical (unpaired) electrons. The smallest absolute Gasteiger partial charge is 0.251 e. The molecule has 8 heteroatoms. The van der Waals surface area contributed by atoms with E-state index in [1.807, 2.05) is 10.8 Å². The Morgan fingerprint density at radius 2 is 1.68 bits per heavy atom. The predicted molar refractivity (Wildman–Crippen MR) is 94.2 cm³/mol. The molecular weight excluding hydrogens is 322 g/mol. The van der Waals surface area contributed by atoms with Crippen molar-refractivity contribution in [2.45, 2.75) is 26.8 Å². The molecule has 3 amide bonds. The van der Waals surface area contributed by atoms with Crippen molar-refractivity contribution in [2.75, 3.05) is 17.2 Å². The number of hydrogen-bond donors (Lipinski definition) is 3. The van der Waals surface area contributed by atoms with Crippen molar-refractivity contribution in [2.24, 2.45) is 0 Å². The molecule has 0 saturated heterocycles. The van der Waals surface area contributed by atoms with Crippen LogP contribution in [0, 0.1) is 0 Å². The topological polar surface area (TPSA) is 105 Å². The standard InChI is InChI=1S/C17H21N5O3/c1-12(23)20-15-8-14(9-16(10-15)21-13(2)24)17(25)19-4-3-6-22-7-5-18-11-22/h5,7-11H,3-4,6H2,1-2H3,(H,19,25)(H,20,23)(H,21,24). The van der Waals surface area contributed by atoms with Crippen LogP contribution in [0.5, 0.6) is 0 Å². The molecule has 0 atom stereocenters. The third kappa shape index (κ3) is 6.09. The number of hydrogen-bond acceptors (Lipinski definition) is 4. The van der Waals surface area contributed by atoms with Gasteiger partial charge in [-0.05, 0) is 24.6 Å². The van der Waals surface area contributed by atoms with Crippen LogP contribution in [0.3, 0.4) is 0 Å². The zero-order chi connectivity index (χ0) is 18.2. The lowest BCUT2D eigenvalue weighted by atomic mass is 10.1. The maximum absolute atomic E-state index is 12.3. The number of nitrogens with one attached hydrogen (secondary N) is 3. The minimum atomic E-state index is -0.274. The Bertz CT molecular complexity index is 721. The molecule has 0 saturated carbocycles. The molecule has 3 N–H and O–H groups in total. The summed E-state index contributed by atoms with van der Waals surface area (Å²) in [7, 11) is 0. The lowest BCUT2D eigenvalue weighted by Gasteiger charge is -2.11. The second-order valence-electron chi connectivity index (χ2n) is 5.57. The average Bonchev–Trinajstić information content (AvgIpc) is 3.03. The van der Waals surface area contributed by atoms with Crippen LogP contribution in [0.2, 0.25) is 0 Å². The summed E-state index contributed by atoms with van der Waals surface area (Å²) in [4.78, 5) is 38.8. The maximum Gasteiger partial charge on any atom is 0.251 e. The fraction of sp³-hybridized carbons (Fsp3) is 0.294. The molecule has 0 fully saturated rings. The van der Waals surface area contributed by atoms with Gasteiger partial charge in [-0.1, -0.05) is 0 Å². The molecule has 2 rings (SSSR count). The van der Waals surface area contributed by atoms with Crippen molar-refractivity contribution in [3.63, 3.8) is 0 Å². The first-order valence-corrected chi connectivity index (χ1v) is 7.88. The van der Waals surface area contributed by atoms with Gasteiger partial charge in [0.1, 0.15) is 0 Å². The van der Waals surface area contributed by atoms with Gasteiger partial charge in [-0.15, -0.1) is 0 Å². The summed E-state index contributed by atoms with van der Waals surface area (Å²) in [5, 5.41) is 8.06. The summed E-state index contributed by atoms with van der Waals surface area (Å²) >= 11 is 0. The van der Waals surface area contributed by atoms with Crippen molar-refractivity contribution in [1.29, 1.82) is 0 Å². The number of benzene rings is 1. The minimum Gasteiger partial charge on any atom is -0.352 e. The Hall–Kier alpha value is -3.16. The summed E-state index contributed by atoms with van der Waals surface area (Å²) in [5.41, 5.74) is 1.25. The molecular formula is C17H21N5O3. The van der Waals surface area contributed by atoms with E-state index in [4.69, 9.17) is 0 Å². The highest BCUT2D eigenvalue weighted by molar-refractivity contribution is 5.99. The highest BCUT2D eigenvalue weighted by atomic mass is 16.2. The lowest BCUT2D eigenvalue weighted by molar-refractivity contribution is -0.115. The molecule has 0 aliphatic rings. The fourth-order valence-corrected chi connectivity index (χ4v) is 2.29. The number of anilines is 2. The van der Waals surface area contributed by atoms with Crippen molar-refractivity contribution in [3.8, 4) is 0 Å². The summed E-state index contributed by atoms with van der Waals surface area (Å²) < 4.78 is 1.93. The molecule has 0 aliphatic heterocycles. The number of carbonyl (C=O) groups is 3. The van der Waals surface area contributed by atoms with Crippen LogP contribution in [0.1, 0.15) is 30.6 Å². The fourth-order valence-electron chi connectivity index (χ4n) is 2.29. The molecule has 0 bridgehead atoms. The largest absolute Gasteiger partial charge is 0.352 e. The van der Waals surface area contributed by atoms with Crippen LogP contribution < -0.4 is 16.0 Å². The molecule has 8 nitrogen and oxygen atoms in total. The van der Waals surface area contributed by atoms with Crippen LogP contribution in [-0.4, -0.2) is 33.8 Å². The van der Waals surface area contributed by atoms with Crippen molar-refractivity contribution >= 4 is 29.1 Å². The van der Waals surface area contributed by atoms with E-state index in [0.29, 0.717) is 23.5 Å². The van der Waals surface area contributed by atoms with Gasteiger partial charge in [0.15, 0.2) is 0 Å². The zero-order valence-electron chi connectivity index (χ0n) is 14.2. The van der Waals surface area contributed by atoms with Crippen LogP contribution >= 0.6 is 0 Å². The number of nitrogens with zero attached hydrogens (tertiary/aromatic N) is 2. The monoisotopic (exact) mass is 343 g/mol. The van der Waals surface area contributed by atoms with Crippen LogP contribution in [0.4, 0.5) is 11.4 Å². The van der Waals surface area contributed by atoms with E-state index in [2.05, 4.69) is 20.9 Å². The van der Waals surface area contributed by atoms with Crippen molar-refractivity contribution in [3.05, 3.63) is 42.5 Å². The highest BCUT2D eigenvalue weighted by Gasteiger charge is 2.10. The Kier molecular flexibility index (Phi) is 6.27. The van der Waals surface area contributed by atoms with Gasteiger partial charge in [0.25, 0.3) is 5.91 Å². The van der Waals surface area contributed by atoms with E-state index in [1.165, 1.54) is 13.8 Å². The maximum atomic E-state index is 12.3. The predicted octanol–water partition coefficient (Wildman–Crippen LogP) is 1.62. The van der Waals surface area contributed by atoms with E-state index in [9.17, 15) is 14.4 Å². The quantitative estimate of drug-likeness (QED) is 0.664. The first-order chi connectivity index (χ1) is 11.9. The third-order valence-corrected chi connectivity index (χ3v) is 3.27. The van der Waals surface area contributed by atoms with Gasteiger partial charge in [0, 0.05) is 56.3 Å². The number of imidazole rings is 1. The first-order valence-electron chi connectivity index (χ1n) is 7.88. The van der Waals surface area contributed by atoms with E-state index >= 15 is 0 Å². The van der Waals surface area contributed by atoms with Gasteiger partial charge in [-0.2, -0.15) is 0 Å². The SMILES string of the molecule is CC(=O)Nc1cc(NC(C)=O)cc(C(=O)NCCCn2ccnc2)c1. The van der Waals surface area contributed by atoms with Crippen molar-refractivity contribution in [1.82, 2.24) is 14.9 Å². The van der Waals surface area contributed by atoms with E-state index < -0.39 is 0 Å². The molecule has 25 heavy (non-hydrogen) atoms. The summed E-state index contributed by atoms with van der Waals surface area (Å²) in [6, 6.07) is 4.73. The minimum absolute atomic E-state index is 0.258. The summed E-state index contributed by atoms with van der Waals surface area (Å²) in [6.45, 7) is 4.00. The van der Waals surface area contributed by atoms with E-state index in [0.717, 1.165) is 13.0 Å². The Morgan fingerprint density at radius 1 is 1.04 bits per heavy atom. The Labute approximate surface area is 145 Å². The van der Waals surface area contributed by atoms with Gasteiger partial charge in [-0.25, -0.2) is 4.98 Å². The summed E-state index contributed by atoms with van der Waals surface area (Å²) in [5.74, 6) is -0.789. The molecule has 0 aliphatic carbocycles. The number of aryl methyl sites for hydroxylation is 1. The molecule has 1 aromatic heterocycles. The second kappa shape index (κ2) is 8.62. The highest BCUT2D eigenvalue weighted by Crippen LogP contribution is 2.19. The van der Waals surface area contributed by atoms with Gasteiger partial charge in [0.05, 0.1) is 6.33 Å². The van der Waals surface area contributed by atoms with Gasteiger partial charge < -0.3 is 20.5 Å². The summed E-state index contributed by atoms with van der Waals surface area (Å²) in [6.07, 6.45) is 6.04. The Balaban J connectivity index is 2.00. The lowest BCUT2D eigenvalue weighted by Crippen LogP contribution is -2.25. The number of carbonyl (C=O) groups excluding carboxylic acids is 3. The number of amides is 3. The zero-order valence-corrected chi connectivity index (χ0v) is 14.2. The number of aromatic nitrogens is 2. The first kappa shape index (κ1) is 18.2. The third-order valence-electron chi connectivity index (χ3n) is 3.27. The van der Waals surface area contributed by atoms with E-state index in [-0.39, 0.29) is 17.7 Å². The average molecular weight is 343 g/mol. The number of rotatable bonds is 7. The van der Waals surface area contributed by atoms with Gasteiger partial charge in [-0.3, -0.25) is 14.4 Å². The second-order valence-corrected chi connectivity index (χ2v) is 5.57. The molecule has 1 heterocycles. The molecule has 2 aromatic rings.